The molecule has 2 fully saturated rings. The molecule has 0 unspecified atom stereocenters. The molecule has 1 aromatic heterocycles. The topological polar surface area (TPSA) is 69.9 Å². The van der Waals surface area contributed by atoms with Crippen LogP contribution in [-0.2, 0) is 4.79 Å². The molecule has 7 nitrogen and oxygen atoms in total. The molecule has 166 valence electrons. The highest BCUT2D eigenvalue weighted by atomic mass is 16.5. The molecule has 2 aliphatic heterocycles. The van der Waals surface area contributed by atoms with Crippen molar-refractivity contribution >= 4 is 22.7 Å². The molecule has 2 aromatic carbocycles. The smallest absolute Gasteiger partial charge is 0.253 e. The van der Waals surface area contributed by atoms with Crippen LogP contribution in [0.1, 0.15) is 29.6 Å². The van der Waals surface area contributed by atoms with Crippen molar-refractivity contribution in [3.8, 4) is 11.3 Å². The van der Waals surface area contributed by atoms with Crippen LogP contribution in [0, 0.1) is 0 Å². The van der Waals surface area contributed by atoms with E-state index in [0.717, 1.165) is 61.9 Å². The molecular formula is C25H28N4O3. The lowest BCUT2D eigenvalue weighted by molar-refractivity contribution is -0.131. The number of benzene rings is 2. The molecule has 0 spiro atoms. The van der Waals surface area contributed by atoms with Gasteiger partial charge in [0.1, 0.15) is 5.52 Å². The fourth-order valence-electron chi connectivity index (χ4n) is 4.64. The highest BCUT2D eigenvalue weighted by molar-refractivity contribution is 6.01. The number of carbonyl (C=O) groups excluding carboxylic acids is 2. The largest absolute Gasteiger partial charge is 0.355 e. The van der Waals surface area contributed by atoms with Crippen LogP contribution < -0.4 is 0 Å². The summed E-state index contributed by atoms with van der Waals surface area (Å²) >= 11 is 0. The second-order valence-corrected chi connectivity index (χ2v) is 8.62. The van der Waals surface area contributed by atoms with Crippen molar-refractivity contribution in [3.05, 3.63) is 54.1 Å². The molecular weight excluding hydrogens is 404 g/mol. The maximum Gasteiger partial charge on any atom is 0.253 e. The molecule has 2 amide bonds. The summed E-state index contributed by atoms with van der Waals surface area (Å²) < 4.78 is 5.58. The van der Waals surface area contributed by atoms with Gasteiger partial charge in [0.05, 0.1) is 11.9 Å². The Morgan fingerprint density at radius 1 is 0.844 bits per heavy atom. The van der Waals surface area contributed by atoms with Gasteiger partial charge in [-0.1, -0.05) is 35.5 Å². The highest BCUT2D eigenvalue weighted by Crippen LogP contribution is 2.29. The van der Waals surface area contributed by atoms with Gasteiger partial charge in [-0.15, -0.1) is 0 Å². The molecule has 3 heterocycles. The van der Waals surface area contributed by atoms with Gasteiger partial charge >= 0.3 is 0 Å². The summed E-state index contributed by atoms with van der Waals surface area (Å²) in [6.07, 6.45) is 3.08. The Morgan fingerprint density at radius 3 is 2.44 bits per heavy atom. The molecule has 0 aliphatic carbocycles. The number of rotatable bonds is 4. The van der Waals surface area contributed by atoms with E-state index in [2.05, 4.69) is 10.1 Å². The van der Waals surface area contributed by atoms with Gasteiger partial charge in [0.25, 0.3) is 5.91 Å². The van der Waals surface area contributed by atoms with Crippen LogP contribution in [0.15, 0.2) is 53.1 Å². The number of nitrogens with zero attached hydrogens (tertiary/aromatic N) is 4. The van der Waals surface area contributed by atoms with Gasteiger partial charge in [-0.2, -0.15) is 0 Å². The third-order valence-electron chi connectivity index (χ3n) is 6.45. The number of hydrogen-bond donors (Lipinski definition) is 0. The van der Waals surface area contributed by atoms with Crippen LogP contribution in [0.4, 0.5) is 0 Å². The van der Waals surface area contributed by atoms with Gasteiger partial charge in [0.2, 0.25) is 5.91 Å². The molecule has 7 heteroatoms. The van der Waals surface area contributed by atoms with E-state index in [0.29, 0.717) is 31.0 Å². The average Bonchev–Trinajstić information content (AvgIpc) is 3.46. The molecule has 0 N–H and O–H groups in total. The van der Waals surface area contributed by atoms with Crippen molar-refractivity contribution in [2.24, 2.45) is 0 Å². The maximum absolute atomic E-state index is 13.3. The highest BCUT2D eigenvalue weighted by Gasteiger charge is 2.25. The lowest BCUT2D eigenvalue weighted by Crippen LogP contribution is -2.41. The van der Waals surface area contributed by atoms with E-state index in [1.54, 1.807) is 0 Å². The van der Waals surface area contributed by atoms with Crippen LogP contribution in [0.25, 0.3) is 22.2 Å². The Labute approximate surface area is 187 Å². The van der Waals surface area contributed by atoms with Gasteiger partial charge in [-0.25, -0.2) is 0 Å². The van der Waals surface area contributed by atoms with E-state index in [-0.39, 0.29) is 11.8 Å². The van der Waals surface area contributed by atoms with Crippen LogP contribution >= 0.6 is 0 Å². The molecule has 0 saturated carbocycles. The molecule has 0 atom stereocenters. The van der Waals surface area contributed by atoms with E-state index >= 15 is 0 Å². The first-order valence-corrected chi connectivity index (χ1v) is 11.4. The van der Waals surface area contributed by atoms with Gasteiger partial charge < -0.3 is 14.3 Å². The van der Waals surface area contributed by atoms with E-state index < -0.39 is 0 Å². The van der Waals surface area contributed by atoms with Crippen LogP contribution in [-0.4, -0.2) is 77.5 Å². The zero-order chi connectivity index (χ0) is 21.9. The van der Waals surface area contributed by atoms with Crippen molar-refractivity contribution < 1.29 is 14.1 Å². The summed E-state index contributed by atoms with van der Waals surface area (Å²) in [6, 6.07) is 15.4. The second-order valence-electron chi connectivity index (χ2n) is 8.62. The summed E-state index contributed by atoms with van der Waals surface area (Å²) in [4.78, 5) is 31.8. The summed E-state index contributed by atoms with van der Waals surface area (Å²) in [6.45, 7) is 5.10. The fourth-order valence-corrected chi connectivity index (χ4v) is 4.64. The lowest BCUT2D eigenvalue weighted by atomic mass is 10.1. The van der Waals surface area contributed by atoms with Crippen LogP contribution in [0.3, 0.4) is 0 Å². The number of amides is 2. The van der Waals surface area contributed by atoms with Crippen molar-refractivity contribution in [2.75, 3.05) is 45.8 Å². The van der Waals surface area contributed by atoms with Crippen molar-refractivity contribution in [2.45, 2.75) is 19.3 Å². The summed E-state index contributed by atoms with van der Waals surface area (Å²) in [5.41, 5.74) is 2.31. The molecule has 3 aromatic rings. The average molecular weight is 433 g/mol. The number of carbonyl (C=O) groups is 2. The van der Waals surface area contributed by atoms with Crippen LogP contribution in [0.2, 0.25) is 0 Å². The van der Waals surface area contributed by atoms with Gasteiger partial charge in [-0.05, 0) is 37.5 Å². The Bertz CT molecular complexity index is 1100. The molecule has 5 rings (SSSR count). The van der Waals surface area contributed by atoms with Gasteiger partial charge in [0.15, 0.2) is 5.76 Å². The van der Waals surface area contributed by atoms with E-state index in [4.69, 9.17) is 4.52 Å². The third kappa shape index (κ3) is 4.25. The SMILES string of the molecule is O=C(CN1CCCN(C(=O)c2ccc3noc(-c4ccccc4)c3c2)CC1)N1CCCC1. The zero-order valence-corrected chi connectivity index (χ0v) is 18.2. The van der Waals surface area contributed by atoms with E-state index in [9.17, 15) is 9.59 Å². The molecule has 2 aliphatic rings. The number of hydrogen-bond acceptors (Lipinski definition) is 5. The monoisotopic (exact) mass is 432 g/mol. The van der Waals surface area contributed by atoms with Gasteiger partial charge in [-0.3, -0.25) is 14.5 Å². The van der Waals surface area contributed by atoms with Crippen molar-refractivity contribution in [1.29, 1.82) is 0 Å². The predicted octanol–water partition coefficient (Wildman–Crippen LogP) is 3.27. The first kappa shape index (κ1) is 20.7. The third-order valence-corrected chi connectivity index (χ3v) is 6.45. The zero-order valence-electron chi connectivity index (χ0n) is 18.2. The maximum atomic E-state index is 13.3. The molecule has 2 saturated heterocycles. The number of likely N-dealkylation sites (tertiary alicyclic amines) is 1. The van der Waals surface area contributed by atoms with E-state index in [1.807, 2.05) is 58.3 Å². The van der Waals surface area contributed by atoms with Crippen molar-refractivity contribution in [1.82, 2.24) is 19.9 Å². The Kier molecular flexibility index (Phi) is 5.90. The first-order valence-electron chi connectivity index (χ1n) is 11.4. The normalized spacial score (nSPS) is 17.6. The van der Waals surface area contributed by atoms with E-state index in [1.165, 1.54) is 0 Å². The molecule has 0 radical (unpaired) electrons. The fraction of sp³-hybridized carbons (Fsp3) is 0.400. The second kappa shape index (κ2) is 9.12. The number of aromatic nitrogens is 1. The quantitative estimate of drug-likeness (QED) is 0.633. The molecule has 32 heavy (non-hydrogen) atoms. The Hall–Kier alpha value is -3.19. The lowest BCUT2D eigenvalue weighted by Gasteiger charge is -2.24. The Morgan fingerprint density at radius 2 is 1.62 bits per heavy atom. The van der Waals surface area contributed by atoms with Crippen LogP contribution in [0.5, 0.6) is 0 Å². The minimum Gasteiger partial charge on any atom is -0.355 e. The first-order chi connectivity index (χ1) is 15.7. The van der Waals surface area contributed by atoms with Gasteiger partial charge in [0, 0.05) is 50.4 Å². The van der Waals surface area contributed by atoms with Crippen molar-refractivity contribution in [3.63, 3.8) is 0 Å². The Balaban J connectivity index is 1.28. The minimum absolute atomic E-state index is 0.0137. The minimum atomic E-state index is 0.0137. The number of fused-ring (bicyclic) bond motifs is 1. The summed E-state index contributed by atoms with van der Waals surface area (Å²) in [5.74, 6) is 0.908. The summed E-state index contributed by atoms with van der Waals surface area (Å²) in [5, 5.41) is 4.99. The predicted molar refractivity (Wildman–Crippen MR) is 122 cm³/mol. The standard InChI is InChI=1S/C25H28N4O3/c30-23(28-12-4-5-13-28)18-27-11-6-14-29(16-15-27)25(31)20-9-10-22-21(17-20)24(32-26-22)19-7-2-1-3-8-19/h1-3,7-10,17H,4-6,11-16,18H2. The summed E-state index contributed by atoms with van der Waals surface area (Å²) in [7, 11) is 0. The molecule has 0 bridgehead atoms.